The average molecular weight is 202 g/mol. The molecule has 0 saturated heterocycles. The fraction of sp³-hybridized carbons (Fsp3) is 0.462. The number of hydrogen-bond acceptors (Lipinski definition) is 2. The van der Waals surface area contributed by atoms with Crippen LogP contribution in [0.1, 0.15) is 44.2 Å². The maximum Gasteiger partial charge on any atom is 0.126 e. The van der Waals surface area contributed by atoms with Gasteiger partial charge in [-0.1, -0.05) is 38.1 Å². The maximum atomic E-state index is 8.90. The normalized spacial score (nSPS) is 16.5. The number of nitriles is 1. The Labute approximate surface area is 91.7 Å². The van der Waals surface area contributed by atoms with E-state index >= 15 is 0 Å². The molecule has 0 aliphatic heterocycles. The summed E-state index contributed by atoms with van der Waals surface area (Å²) in [5.74, 6) is 0.560. The predicted molar refractivity (Wildman–Crippen MR) is 62.3 cm³/mol. The number of nitrogens with zero attached hydrogens (tertiary/aromatic N) is 1. The Bertz CT molecular complexity index is 357. The molecule has 0 heterocycles. The Morgan fingerprint density at radius 1 is 1.40 bits per heavy atom. The van der Waals surface area contributed by atoms with Gasteiger partial charge in [0.1, 0.15) is 5.54 Å². The summed E-state index contributed by atoms with van der Waals surface area (Å²) in [6.07, 6.45) is 1.12. The summed E-state index contributed by atoms with van der Waals surface area (Å²) in [4.78, 5) is 0. The molecular weight excluding hydrogens is 184 g/mol. The van der Waals surface area contributed by atoms with Crippen LogP contribution in [0.4, 0.5) is 0 Å². The average Bonchev–Trinajstić information content (AvgIpc) is 2.28. The van der Waals surface area contributed by atoms with E-state index in [1.54, 1.807) is 6.92 Å². The zero-order valence-electron chi connectivity index (χ0n) is 9.62. The first-order valence-corrected chi connectivity index (χ1v) is 5.32. The molecule has 2 N–H and O–H groups in total. The summed E-state index contributed by atoms with van der Waals surface area (Å²) in [5.41, 5.74) is 7.13. The van der Waals surface area contributed by atoms with E-state index in [-0.39, 0.29) is 0 Å². The minimum atomic E-state index is -0.881. The van der Waals surface area contributed by atoms with Crippen LogP contribution in [-0.4, -0.2) is 0 Å². The summed E-state index contributed by atoms with van der Waals surface area (Å²) in [7, 11) is 0. The molecule has 2 nitrogen and oxygen atoms in total. The van der Waals surface area contributed by atoms with Gasteiger partial charge < -0.3 is 5.73 Å². The number of benzene rings is 1. The van der Waals surface area contributed by atoms with Crippen LogP contribution in [0.5, 0.6) is 0 Å². The van der Waals surface area contributed by atoms with Gasteiger partial charge in [0.15, 0.2) is 0 Å². The van der Waals surface area contributed by atoms with Crippen LogP contribution in [0.15, 0.2) is 24.3 Å². The molecule has 0 fully saturated rings. The van der Waals surface area contributed by atoms with Crippen LogP contribution in [0.3, 0.4) is 0 Å². The van der Waals surface area contributed by atoms with Crippen LogP contribution >= 0.6 is 0 Å². The smallest absolute Gasteiger partial charge is 0.126 e. The van der Waals surface area contributed by atoms with Crippen molar-refractivity contribution in [3.63, 3.8) is 0 Å². The lowest BCUT2D eigenvalue weighted by Gasteiger charge is -2.17. The predicted octanol–water partition coefficient (Wildman–Crippen LogP) is 2.90. The standard InChI is InChI=1S/C13H18N2/c1-4-10(2)11-5-7-12(8-6-11)13(3,15)9-14/h5-8,10H,4,15H2,1-3H3. The molecule has 2 heteroatoms. The van der Waals surface area contributed by atoms with Gasteiger partial charge in [0.2, 0.25) is 0 Å². The third kappa shape index (κ3) is 2.57. The Morgan fingerprint density at radius 3 is 2.33 bits per heavy atom. The lowest BCUT2D eigenvalue weighted by atomic mass is 9.91. The van der Waals surface area contributed by atoms with Crippen molar-refractivity contribution in [1.82, 2.24) is 0 Å². The Morgan fingerprint density at radius 2 is 1.93 bits per heavy atom. The monoisotopic (exact) mass is 202 g/mol. The number of rotatable bonds is 3. The summed E-state index contributed by atoms with van der Waals surface area (Å²) in [6.45, 7) is 6.09. The van der Waals surface area contributed by atoms with E-state index in [1.165, 1.54) is 5.56 Å². The molecule has 0 spiro atoms. The molecule has 2 atom stereocenters. The van der Waals surface area contributed by atoms with E-state index in [1.807, 2.05) is 12.1 Å². The van der Waals surface area contributed by atoms with E-state index in [2.05, 4.69) is 32.0 Å². The zero-order valence-corrected chi connectivity index (χ0v) is 9.62. The lowest BCUT2D eigenvalue weighted by Crippen LogP contribution is -2.30. The van der Waals surface area contributed by atoms with Crippen molar-refractivity contribution in [3.05, 3.63) is 35.4 Å². The lowest BCUT2D eigenvalue weighted by molar-refractivity contribution is 0.644. The molecule has 80 valence electrons. The minimum absolute atomic E-state index is 0.560. The Kier molecular flexibility index (Phi) is 3.49. The van der Waals surface area contributed by atoms with Gasteiger partial charge in [-0.15, -0.1) is 0 Å². The fourth-order valence-electron chi connectivity index (χ4n) is 1.46. The first kappa shape index (κ1) is 11.7. The molecule has 0 bridgehead atoms. The molecular formula is C13H18N2. The van der Waals surface area contributed by atoms with Gasteiger partial charge in [0.25, 0.3) is 0 Å². The topological polar surface area (TPSA) is 49.8 Å². The molecule has 1 rings (SSSR count). The van der Waals surface area contributed by atoms with Crippen molar-refractivity contribution in [2.45, 2.75) is 38.6 Å². The third-order valence-corrected chi connectivity index (χ3v) is 2.92. The van der Waals surface area contributed by atoms with E-state index in [0.29, 0.717) is 5.92 Å². The van der Waals surface area contributed by atoms with Gasteiger partial charge in [0, 0.05) is 0 Å². The Balaban J connectivity index is 2.96. The fourth-order valence-corrected chi connectivity index (χ4v) is 1.46. The van der Waals surface area contributed by atoms with Crippen molar-refractivity contribution >= 4 is 0 Å². The van der Waals surface area contributed by atoms with Crippen LogP contribution < -0.4 is 5.73 Å². The molecule has 0 radical (unpaired) electrons. The highest BCUT2D eigenvalue weighted by atomic mass is 14.7. The highest BCUT2D eigenvalue weighted by Crippen LogP contribution is 2.22. The van der Waals surface area contributed by atoms with Gasteiger partial charge in [-0.3, -0.25) is 0 Å². The first-order chi connectivity index (χ1) is 7.01. The SMILES string of the molecule is CCC(C)c1ccc(C(C)(N)C#N)cc1. The number of nitrogens with two attached hydrogens (primary N) is 1. The van der Waals surface area contributed by atoms with Crippen molar-refractivity contribution in [1.29, 1.82) is 5.26 Å². The second-order valence-corrected chi connectivity index (χ2v) is 4.25. The first-order valence-electron chi connectivity index (χ1n) is 5.32. The van der Waals surface area contributed by atoms with Gasteiger partial charge >= 0.3 is 0 Å². The highest BCUT2D eigenvalue weighted by molar-refractivity contribution is 5.33. The highest BCUT2D eigenvalue weighted by Gasteiger charge is 2.19. The van der Waals surface area contributed by atoms with Crippen LogP contribution in [0.25, 0.3) is 0 Å². The summed E-state index contributed by atoms with van der Waals surface area (Å²) >= 11 is 0. The molecule has 0 saturated carbocycles. The van der Waals surface area contributed by atoms with Gasteiger partial charge in [-0.05, 0) is 30.4 Å². The second kappa shape index (κ2) is 4.46. The quantitative estimate of drug-likeness (QED) is 0.819. The number of hydrogen-bond donors (Lipinski definition) is 1. The summed E-state index contributed by atoms with van der Waals surface area (Å²) < 4.78 is 0. The van der Waals surface area contributed by atoms with Crippen LogP contribution in [0.2, 0.25) is 0 Å². The summed E-state index contributed by atoms with van der Waals surface area (Å²) in [5, 5.41) is 8.90. The molecule has 2 unspecified atom stereocenters. The van der Waals surface area contributed by atoms with Crippen LogP contribution in [-0.2, 0) is 5.54 Å². The van der Waals surface area contributed by atoms with Crippen molar-refractivity contribution in [2.75, 3.05) is 0 Å². The van der Waals surface area contributed by atoms with Crippen molar-refractivity contribution in [3.8, 4) is 6.07 Å². The van der Waals surface area contributed by atoms with Crippen molar-refractivity contribution in [2.24, 2.45) is 5.73 Å². The Hall–Kier alpha value is -1.33. The zero-order chi connectivity index (χ0) is 11.5. The van der Waals surface area contributed by atoms with E-state index in [0.717, 1.165) is 12.0 Å². The molecule has 1 aromatic rings. The van der Waals surface area contributed by atoms with E-state index < -0.39 is 5.54 Å². The van der Waals surface area contributed by atoms with Gasteiger partial charge in [-0.2, -0.15) is 5.26 Å². The molecule has 0 aromatic heterocycles. The molecule has 0 aliphatic carbocycles. The second-order valence-electron chi connectivity index (χ2n) is 4.25. The van der Waals surface area contributed by atoms with E-state index in [4.69, 9.17) is 11.0 Å². The molecule has 0 amide bonds. The van der Waals surface area contributed by atoms with Crippen molar-refractivity contribution < 1.29 is 0 Å². The third-order valence-electron chi connectivity index (χ3n) is 2.92. The summed E-state index contributed by atoms with van der Waals surface area (Å²) in [6, 6.07) is 10.1. The van der Waals surface area contributed by atoms with E-state index in [9.17, 15) is 0 Å². The maximum absolute atomic E-state index is 8.90. The largest absolute Gasteiger partial charge is 0.310 e. The minimum Gasteiger partial charge on any atom is -0.310 e. The molecule has 0 aliphatic rings. The molecule has 15 heavy (non-hydrogen) atoms. The van der Waals surface area contributed by atoms with Crippen LogP contribution in [0, 0.1) is 11.3 Å². The van der Waals surface area contributed by atoms with Gasteiger partial charge in [-0.25, -0.2) is 0 Å². The molecule has 1 aromatic carbocycles. The van der Waals surface area contributed by atoms with Gasteiger partial charge in [0.05, 0.1) is 6.07 Å².